The van der Waals surface area contributed by atoms with Gasteiger partial charge in [0, 0.05) is 5.39 Å². The van der Waals surface area contributed by atoms with Crippen LogP contribution in [0.2, 0.25) is 5.02 Å². The van der Waals surface area contributed by atoms with E-state index in [0.717, 1.165) is 27.9 Å². The SMILES string of the molecule is COc1ccc2nc(C=Cc3ccc(C#N)cc3)cc(Cl)c2c1. The van der Waals surface area contributed by atoms with Crippen molar-refractivity contribution in [2.24, 2.45) is 0 Å². The number of nitriles is 1. The maximum Gasteiger partial charge on any atom is 0.119 e. The molecule has 2 aromatic carbocycles. The number of hydrogen-bond donors (Lipinski definition) is 0. The van der Waals surface area contributed by atoms with Crippen molar-refractivity contribution in [1.82, 2.24) is 4.98 Å². The molecule has 0 saturated heterocycles. The molecule has 0 aliphatic heterocycles. The summed E-state index contributed by atoms with van der Waals surface area (Å²) in [7, 11) is 1.62. The summed E-state index contributed by atoms with van der Waals surface area (Å²) in [6, 6.07) is 16.9. The first-order valence-corrected chi connectivity index (χ1v) is 7.40. The van der Waals surface area contributed by atoms with Crippen LogP contribution in [0.4, 0.5) is 0 Å². The Bertz CT molecular complexity index is 924. The maximum atomic E-state index is 8.80. The normalized spacial score (nSPS) is 10.8. The second kappa shape index (κ2) is 6.51. The highest BCUT2D eigenvalue weighted by Gasteiger charge is 2.04. The molecule has 4 heteroatoms. The third-order valence-corrected chi connectivity index (χ3v) is 3.78. The maximum absolute atomic E-state index is 8.80. The molecule has 3 aromatic rings. The van der Waals surface area contributed by atoms with E-state index in [0.29, 0.717) is 10.6 Å². The van der Waals surface area contributed by atoms with Gasteiger partial charge in [0.15, 0.2) is 0 Å². The van der Waals surface area contributed by atoms with E-state index in [9.17, 15) is 0 Å². The van der Waals surface area contributed by atoms with Gasteiger partial charge in [-0.25, -0.2) is 4.98 Å². The Morgan fingerprint density at radius 3 is 2.57 bits per heavy atom. The number of methoxy groups -OCH3 is 1. The minimum atomic E-state index is 0.633. The lowest BCUT2D eigenvalue weighted by Crippen LogP contribution is -1.87. The lowest BCUT2D eigenvalue weighted by atomic mass is 10.1. The van der Waals surface area contributed by atoms with Crippen LogP contribution in [-0.4, -0.2) is 12.1 Å². The third kappa shape index (κ3) is 3.33. The van der Waals surface area contributed by atoms with Crippen molar-refractivity contribution in [3.05, 3.63) is 70.4 Å². The Hall–Kier alpha value is -2.83. The summed E-state index contributed by atoms with van der Waals surface area (Å²) in [5.41, 5.74) is 3.23. The molecular weight excluding hydrogens is 308 g/mol. The van der Waals surface area contributed by atoms with E-state index < -0.39 is 0 Å². The van der Waals surface area contributed by atoms with Gasteiger partial charge in [-0.3, -0.25) is 0 Å². The summed E-state index contributed by atoms with van der Waals surface area (Å²) in [6.45, 7) is 0. The Labute approximate surface area is 139 Å². The van der Waals surface area contributed by atoms with Crippen LogP contribution >= 0.6 is 11.6 Å². The van der Waals surface area contributed by atoms with Gasteiger partial charge in [-0.2, -0.15) is 5.26 Å². The number of rotatable bonds is 3. The van der Waals surface area contributed by atoms with E-state index in [4.69, 9.17) is 21.6 Å². The fourth-order valence-corrected chi connectivity index (χ4v) is 2.51. The number of benzene rings is 2. The van der Waals surface area contributed by atoms with Crippen molar-refractivity contribution in [3.8, 4) is 11.8 Å². The molecule has 3 nitrogen and oxygen atoms in total. The van der Waals surface area contributed by atoms with E-state index in [1.807, 2.05) is 48.6 Å². The first kappa shape index (κ1) is 15.1. The largest absolute Gasteiger partial charge is 0.497 e. The molecule has 1 aromatic heterocycles. The highest BCUT2D eigenvalue weighted by atomic mass is 35.5. The first-order valence-electron chi connectivity index (χ1n) is 7.02. The highest BCUT2D eigenvalue weighted by molar-refractivity contribution is 6.35. The molecule has 1 heterocycles. The topological polar surface area (TPSA) is 45.9 Å². The van der Waals surface area contributed by atoms with E-state index in [2.05, 4.69) is 11.1 Å². The Balaban J connectivity index is 1.93. The standard InChI is InChI=1S/C19H13ClN2O/c1-23-16-8-9-19-17(11-16)18(20)10-15(22-19)7-6-13-2-4-14(12-21)5-3-13/h2-11H,1H3. The van der Waals surface area contributed by atoms with Crippen LogP contribution in [0.25, 0.3) is 23.1 Å². The summed E-state index contributed by atoms with van der Waals surface area (Å²) in [4.78, 5) is 4.58. The summed E-state index contributed by atoms with van der Waals surface area (Å²) < 4.78 is 5.21. The van der Waals surface area contributed by atoms with Crippen molar-refractivity contribution in [2.45, 2.75) is 0 Å². The van der Waals surface area contributed by atoms with E-state index in [1.54, 1.807) is 19.2 Å². The summed E-state index contributed by atoms with van der Waals surface area (Å²) in [5, 5.41) is 10.3. The highest BCUT2D eigenvalue weighted by Crippen LogP contribution is 2.27. The predicted molar refractivity (Wildman–Crippen MR) is 93.4 cm³/mol. The summed E-state index contributed by atoms with van der Waals surface area (Å²) >= 11 is 6.35. The molecule has 0 spiro atoms. The van der Waals surface area contributed by atoms with Gasteiger partial charge >= 0.3 is 0 Å². The van der Waals surface area contributed by atoms with Gasteiger partial charge in [0.2, 0.25) is 0 Å². The number of ether oxygens (including phenoxy) is 1. The number of fused-ring (bicyclic) bond motifs is 1. The van der Waals surface area contributed by atoms with E-state index in [-0.39, 0.29) is 0 Å². The first-order chi connectivity index (χ1) is 11.2. The number of aromatic nitrogens is 1. The lowest BCUT2D eigenvalue weighted by Gasteiger charge is -2.05. The quantitative estimate of drug-likeness (QED) is 0.686. The molecule has 23 heavy (non-hydrogen) atoms. The number of pyridine rings is 1. The van der Waals surface area contributed by atoms with Crippen LogP contribution in [0.3, 0.4) is 0 Å². The molecule has 0 radical (unpaired) electrons. The van der Waals surface area contributed by atoms with Crippen molar-refractivity contribution in [2.75, 3.05) is 7.11 Å². The molecule has 0 N–H and O–H groups in total. The zero-order chi connectivity index (χ0) is 16.2. The van der Waals surface area contributed by atoms with Gasteiger partial charge in [0.25, 0.3) is 0 Å². The lowest BCUT2D eigenvalue weighted by molar-refractivity contribution is 0.415. The average Bonchev–Trinajstić information content (AvgIpc) is 2.60. The summed E-state index contributed by atoms with van der Waals surface area (Å²) in [6.07, 6.45) is 3.84. The zero-order valence-electron chi connectivity index (χ0n) is 12.5. The minimum absolute atomic E-state index is 0.633. The Kier molecular flexibility index (Phi) is 4.27. The number of halogens is 1. The fourth-order valence-electron chi connectivity index (χ4n) is 2.25. The van der Waals surface area contributed by atoms with Gasteiger partial charge in [-0.1, -0.05) is 29.8 Å². The third-order valence-electron chi connectivity index (χ3n) is 3.47. The fraction of sp³-hybridized carbons (Fsp3) is 0.0526. The zero-order valence-corrected chi connectivity index (χ0v) is 13.2. The van der Waals surface area contributed by atoms with Crippen molar-refractivity contribution < 1.29 is 4.74 Å². The van der Waals surface area contributed by atoms with E-state index >= 15 is 0 Å². The van der Waals surface area contributed by atoms with Gasteiger partial charge in [-0.15, -0.1) is 0 Å². The van der Waals surface area contributed by atoms with E-state index in [1.165, 1.54) is 0 Å². The Morgan fingerprint density at radius 1 is 1.09 bits per heavy atom. The molecule has 0 aliphatic carbocycles. The number of hydrogen-bond acceptors (Lipinski definition) is 3. The van der Waals surface area contributed by atoms with Crippen LogP contribution < -0.4 is 4.74 Å². The van der Waals surface area contributed by atoms with Gasteiger partial charge in [0.05, 0.1) is 35.0 Å². The molecule has 0 fully saturated rings. The second-order valence-electron chi connectivity index (χ2n) is 4.98. The second-order valence-corrected chi connectivity index (χ2v) is 5.39. The van der Waals surface area contributed by atoms with Gasteiger partial charge in [0.1, 0.15) is 5.75 Å². The molecular formula is C19H13ClN2O. The van der Waals surface area contributed by atoms with Crippen molar-refractivity contribution in [3.63, 3.8) is 0 Å². The molecule has 0 saturated carbocycles. The molecule has 0 atom stereocenters. The van der Waals surface area contributed by atoms with Gasteiger partial charge < -0.3 is 4.74 Å². The Morgan fingerprint density at radius 2 is 1.87 bits per heavy atom. The number of nitrogens with zero attached hydrogens (tertiary/aromatic N) is 2. The molecule has 0 amide bonds. The smallest absolute Gasteiger partial charge is 0.119 e. The van der Waals surface area contributed by atoms with Crippen LogP contribution in [0.5, 0.6) is 5.75 Å². The van der Waals surface area contributed by atoms with Crippen LogP contribution in [0.15, 0.2) is 48.5 Å². The molecule has 0 bridgehead atoms. The molecule has 0 aliphatic rings. The van der Waals surface area contributed by atoms with Crippen molar-refractivity contribution in [1.29, 1.82) is 5.26 Å². The van der Waals surface area contributed by atoms with Gasteiger partial charge in [-0.05, 0) is 48.0 Å². The minimum Gasteiger partial charge on any atom is -0.497 e. The van der Waals surface area contributed by atoms with Crippen molar-refractivity contribution >= 4 is 34.7 Å². The molecule has 112 valence electrons. The summed E-state index contributed by atoms with van der Waals surface area (Å²) in [5.74, 6) is 0.752. The molecule has 0 unspecified atom stereocenters. The van der Waals surface area contributed by atoms with Crippen LogP contribution in [0.1, 0.15) is 16.8 Å². The van der Waals surface area contributed by atoms with Crippen LogP contribution in [-0.2, 0) is 0 Å². The van der Waals surface area contributed by atoms with Crippen LogP contribution in [0, 0.1) is 11.3 Å². The predicted octanol–water partition coefficient (Wildman–Crippen LogP) is 4.94. The monoisotopic (exact) mass is 320 g/mol. The molecule has 3 rings (SSSR count). The average molecular weight is 321 g/mol.